The lowest BCUT2D eigenvalue weighted by molar-refractivity contribution is 0.578. The number of hydrogen-bond donors (Lipinski definition) is 1. The van der Waals surface area contributed by atoms with Crippen LogP contribution in [0.3, 0.4) is 0 Å². The molecule has 5 nitrogen and oxygen atoms in total. The summed E-state index contributed by atoms with van der Waals surface area (Å²) in [7, 11) is -1.87. The number of nitrogens with one attached hydrogen (secondary N) is 1. The smallest absolute Gasteiger partial charge is 0.241 e. The van der Waals surface area contributed by atoms with Gasteiger partial charge in [-0.15, -0.1) is 0 Å². The first-order valence-corrected chi connectivity index (χ1v) is 8.09. The highest BCUT2D eigenvalue weighted by atomic mass is 79.9. The van der Waals surface area contributed by atoms with Gasteiger partial charge in [-0.2, -0.15) is 5.10 Å². The molecule has 1 aromatic carbocycles. The van der Waals surface area contributed by atoms with E-state index < -0.39 is 15.8 Å². The molecular formula is C12H13BrFN3O2S. The van der Waals surface area contributed by atoms with Crippen LogP contribution in [0, 0.1) is 5.82 Å². The van der Waals surface area contributed by atoms with Crippen LogP contribution in [0.2, 0.25) is 0 Å². The number of aromatic nitrogens is 2. The lowest BCUT2D eigenvalue weighted by atomic mass is 10.3. The van der Waals surface area contributed by atoms with Crippen molar-refractivity contribution in [2.24, 2.45) is 7.05 Å². The molecule has 108 valence electrons. The monoisotopic (exact) mass is 361 g/mol. The number of hydrogen-bond acceptors (Lipinski definition) is 3. The van der Waals surface area contributed by atoms with Crippen molar-refractivity contribution >= 4 is 26.0 Å². The third kappa shape index (κ3) is 3.44. The Hall–Kier alpha value is -1.25. The Morgan fingerprint density at radius 2 is 2.15 bits per heavy atom. The Balaban J connectivity index is 2.06. The van der Waals surface area contributed by atoms with Crippen LogP contribution in [0.25, 0.3) is 0 Å². The zero-order valence-electron chi connectivity index (χ0n) is 10.7. The van der Waals surface area contributed by atoms with Crippen LogP contribution in [0.5, 0.6) is 0 Å². The quantitative estimate of drug-likeness (QED) is 0.883. The number of halogens is 2. The zero-order valence-corrected chi connectivity index (χ0v) is 13.1. The molecule has 0 radical (unpaired) electrons. The highest BCUT2D eigenvalue weighted by Crippen LogP contribution is 2.22. The normalized spacial score (nSPS) is 11.8. The zero-order chi connectivity index (χ0) is 14.8. The highest BCUT2D eigenvalue weighted by Gasteiger charge is 2.17. The second-order valence-corrected chi connectivity index (χ2v) is 6.76. The SMILES string of the molecule is Cn1nccc1CCNS(=O)(=O)c1ccc(F)cc1Br. The molecule has 0 saturated carbocycles. The first-order valence-electron chi connectivity index (χ1n) is 5.82. The summed E-state index contributed by atoms with van der Waals surface area (Å²) < 4.78 is 41.5. The molecule has 0 saturated heterocycles. The Morgan fingerprint density at radius 3 is 2.75 bits per heavy atom. The van der Waals surface area contributed by atoms with E-state index in [9.17, 15) is 12.8 Å². The number of nitrogens with zero attached hydrogens (tertiary/aromatic N) is 2. The summed E-state index contributed by atoms with van der Waals surface area (Å²) in [6.07, 6.45) is 2.18. The fourth-order valence-electron chi connectivity index (χ4n) is 1.73. The van der Waals surface area contributed by atoms with Crippen LogP contribution in [0.1, 0.15) is 5.69 Å². The van der Waals surface area contributed by atoms with Crippen molar-refractivity contribution in [2.45, 2.75) is 11.3 Å². The summed E-state index contributed by atoms with van der Waals surface area (Å²) in [5.41, 5.74) is 0.922. The second kappa shape index (κ2) is 6.02. The third-order valence-corrected chi connectivity index (χ3v) is 5.22. The molecule has 2 rings (SSSR count). The molecule has 0 unspecified atom stereocenters. The summed E-state index contributed by atoms with van der Waals surface area (Å²) in [4.78, 5) is 0.0175. The summed E-state index contributed by atoms with van der Waals surface area (Å²) >= 11 is 3.05. The molecule has 1 aromatic heterocycles. The number of benzene rings is 1. The summed E-state index contributed by atoms with van der Waals surface area (Å²) in [5.74, 6) is -0.495. The van der Waals surface area contributed by atoms with Crippen LogP contribution in [-0.2, 0) is 23.5 Å². The van der Waals surface area contributed by atoms with Crippen molar-refractivity contribution in [1.82, 2.24) is 14.5 Å². The predicted molar refractivity (Wildman–Crippen MR) is 76.2 cm³/mol. The molecule has 8 heteroatoms. The lowest BCUT2D eigenvalue weighted by Gasteiger charge is -2.08. The van der Waals surface area contributed by atoms with E-state index in [4.69, 9.17) is 0 Å². The van der Waals surface area contributed by atoms with E-state index in [1.807, 2.05) is 6.07 Å². The van der Waals surface area contributed by atoms with E-state index >= 15 is 0 Å². The molecule has 1 N–H and O–H groups in total. The molecule has 0 bridgehead atoms. The van der Waals surface area contributed by atoms with Crippen LogP contribution in [0.4, 0.5) is 4.39 Å². The molecule has 0 spiro atoms. The average molecular weight is 362 g/mol. The van der Waals surface area contributed by atoms with Gasteiger partial charge >= 0.3 is 0 Å². The predicted octanol–water partition coefficient (Wildman–Crippen LogP) is 1.84. The minimum Gasteiger partial charge on any atom is -0.273 e. The van der Waals surface area contributed by atoms with Gasteiger partial charge in [0.1, 0.15) is 5.82 Å². The molecule has 0 aliphatic heterocycles. The molecular weight excluding hydrogens is 349 g/mol. The van der Waals surface area contributed by atoms with Crippen molar-refractivity contribution in [3.05, 3.63) is 46.4 Å². The Kier molecular flexibility index (Phi) is 4.56. The van der Waals surface area contributed by atoms with E-state index in [-0.39, 0.29) is 15.9 Å². The van der Waals surface area contributed by atoms with Gasteiger partial charge in [0.05, 0.1) is 4.90 Å². The van der Waals surface area contributed by atoms with Gasteiger partial charge in [-0.3, -0.25) is 4.68 Å². The second-order valence-electron chi connectivity index (χ2n) is 4.17. The first-order chi connectivity index (χ1) is 9.40. The molecule has 0 atom stereocenters. The molecule has 0 fully saturated rings. The van der Waals surface area contributed by atoms with E-state index in [0.29, 0.717) is 6.42 Å². The Bertz CT molecular complexity index is 715. The van der Waals surface area contributed by atoms with Crippen molar-refractivity contribution < 1.29 is 12.8 Å². The van der Waals surface area contributed by atoms with Gasteiger partial charge in [0.2, 0.25) is 10.0 Å². The number of sulfonamides is 1. The minimum atomic E-state index is -3.67. The van der Waals surface area contributed by atoms with Crippen molar-refractivity contribution in [3.8, 4) is 0 Å². The van der Waals surface area contributed by atoms with E-state index in [1.54, 1.807) is 17.9 Å². The molecule has 20 heavy (non-hydrogen) atoms. The van der Waals surface area contributed by atoms with Gasteiger partial charge in [0.25, 0.3) is 0 Å². The summed E-state index contributed by atoms with van der Waals surface area (Å²) in [6, 6.07) is 5.28. The minimum absolute atomic E-state index is 0.0175. The maximum Gasteiger partial charge on any atom is 0.241 e. The van der Waals surface area contributed by atoms with Gasteiger partial charge in [-0.05, 0) is 40.2 Å². The van der Waals surface area contributed by atoms with Gasteiger partial charge in [0.15, 0.2) is 0 Å². The Morgan fingerprint density at radius 1 is 1.40 bits per heavy atom. The summed E-state index contributed by atoms with van der Waals surface area (Å²) in [5, 5.41) is 4.00. The maximum absolute atomic E-state index is 13.0. The van der Waals surface area contributed by atoms with Crippen molar-refractivity contribution in [2.75, 3.05) is 6.54 Å². The topological polar surface area (TPSA) is 64.0 Å². The number of rotatable bonds is 5. The maximum atomic E-state index is 13.0. The van der Waals surface area contributed by atoms with E-state index in [2.05, 4.69) is 25.8 Å². The fraction of sp³-hybridized carbons (Fsp3) is 0.250. The molecule has 0 amide bonds. The standard InChI is InChI=1S/C12H13BrFN3O2S/c1-17-10(4-6-15-17)5-7-16-20(18,19)12-3-2-9(14)8-11(12)13/h2-4,6,8,16H,5,7H2,1H3. The molecule has 1 heterocycles. The summed E-state index contributed by atoms with van der Waals surface area (Å²) in [6.45, 7) is 0.242. The van der Waals surface area contributed by atoms with E-state index in [1.165, 1.54) is 6.07 Å². The number of aryl methyl sites for hydroxylation is 1. The molecule has 2 aromatic rings. The van der Waals surface area contributed by atoms with Gasteiger partial charge in [-0.1, -0.05) is 0 Å². The van der Waals surface area contributed by atoms with Gasteiger partial charge < -0.3 is 0 Å². The average Bonchev–Trinajstić information content (AvgIpc) is 2.74. The van der Waals surface area contributed by atoms with Crippen LogP contribution in [-0.4, -0.2) is 24.7 Å². The molecule has 0 aliphatic rings. The first kappa shape index (κ1) is 15.1. The van der Waals surface area contributed by atoms with Crippen LogP contribution in [0.15, 0.2) is 39.8 Å². The Labute approximate surface area is 125 Å². The van der Waals surface area contributed by atoms with Crippen LogP contribution < -0.4 is 4.72 Å². The lowest BCUT2D eigenvalue weighted by Crippen LogP contribution is -2.26. The largest absolute Gasteiger partial charge is 0.273 e. The molecule has 0 aliphatic carbocycles. The van der Waals surface area contributed by atoms with Crippen molar-refractivity contribution in [1.29, 1.82) is 0 Å². The van der Waals surface area contributed by atoms with Crippen LogP contribution >= 0.6 is 15.9 Å². The highest BCUT2D eigenvalue weighted by molar-refractivity contribution is 9.10. The van der Waals surface area contributed by atoms with E-state index in [0.717, 1.165) is 17.8 Å². The van der Waals surface area contributed by atoms with Gasteiger partial charge in [0, 0.05) is 36.4 Å². The van der Waals surface area contributed by atoms with Crippen molar-refractivity contribution in [3.63, 3.8) is 0 Å². The fourth-order valence-corrected chi connectivity index (χ4v) is 3.81. The third-order valence-electron chi connectivity index (χ3n) is 2.78. The van der Waals surface area contributed by atoms with Gasteiger partial charge in [-0.25, -0.2) is 17.5 Å².